The van der Waals surface area contributed by atoms with Crippen LogP contribution in [0.2, 0.25) is 0 Å². The maximum absolute atomic E-state index is 5.71. The van der Waals surface area contributed by atoms with Gasteiger partial charge in [-0.05, 0) is 39.0 Å². The molecular weight excluding hydrogens is 264 g/mol. The summed E-state index contributed by atoms with van der Waals surface area (Å²) >= 11 is 0. The van der Waals surface area contributed by atoms with Crippen molar-refractivity contribution in [2.45, 2.75) is 33.4 Å². The molecule has 2 rings (SSSR count). The number of hydrogen-bond donors (Lipinski definition) is 1. The summed E-state index contributed by atoms with van der Waals surface area (Å²) in [6.45, 7) is 6.70. The molecule has 4 heteroatoms. The molecule has 1 aromatic carbocycles. The zero-order chi connectivity index (χ0) is 15.2. The first kappa shape index (κ1) is 15.2. The van der Waals surface area contributed by atoms with Crippen LogP contribution in [-0.4, -0.2) is 18.2 Å². The minimum Gasteiger partial charge on any atom is -0.496 e. The molecule has 21 heavy (non-hydrogen) atoms. The fourth-order valence-corrected chi connectivity index (χ4v) is 2.08. The van der Waals surface area contributed by atoms with Crippen LogP contribution in [0.5, 0.6) is 11.6 Å². The molecule has 0 radical (unpaired) electrons. The maximum Gasteiger partial charge on any atom is 0.237 e. The Labute approximate surface area is 126 Å². The fraction of sp³-hybridized carbons (Fsp3) is 0.353. The van der Waals surface area contributed by atoms with Gasteiger partial charge in [-0.3, -0.25) is 0 Å². The van der Waals surface area contributed by atoms with Crippen molar-refractivity contribution in [2.24, 2.45) is 0 Å². The number of aryl methyl sites for hydroxylation is 1. The molecule has 0 aliphatic rings. The Morgan fingerprint density at radius 3 is 2.76 bits per heavy atom. The van der Waals surface area contributed by atoms with Gasteiger partial charge in [0.15, 0.2) is 0 Å². The molecule has 4 nitrogen and oxygen atoms in total. The Balaban J connectivity index is 2.15. The predicted octanol–water partition coefficient (Wildman–Crippen LogP) is 3.80. The summed E-state index contributed by atoms with van der Waals surface area (Å²) in [7, 11) is 1.69. The maximum atomic E-state index is 5.71. The molecule has 0 fully saturated rings. The molecule has 0 aliphatic carbocycles. The lowest BCUT2D eigenvalue weighted by molar-refractivity contribution is 0.234. The Hall–Kier alpha value is -2.23. The zero-order valence-corrected chi connectivity index (χ0v) is 13.0. The summed E-state index contributed by atoms with van der Waals surface area (Å²) in [5, 5.41) is 3.37. The van der Waals surface area contributed by atoms with Crippen molar-refractivity contribution in [3.63, 3.8) is 0 Å². The number of hydrogen-bond acceptors (Lipinski definition) is 4. The average Bonchev–Trinajstić information content (AvgIpc) is 2.46. The quantitative estimate of drug-likeness (QED) is 0.877. The normalized spacial score (nSPS) is 10.5. The van der Waals surface area contributed by atoms with E-state index in [0.29, 0.717) is 12.4 Å². The van der Waals surface area contributed by atoms with Crippen molar-refractivity contribution < 1.29 is 9.47 Å². The van der Waals surface area contributed by atoms with E-state index in [2.05, 4.69) is 23.3 Å². The smallest absolute Gasteiger partial charge is 0.237 e. The van der Waals surface area contributed by atoms with E-state index in [4.69, 9.17) is 9.47 Å². The molecule has 0 bridgehead atoms. The predicted molar refractivity (Wildman–Crippen MR) is 85.1 cm³/mol. The van der Waals surface area contributed by atoms with Gasteiger partial charge >= 0.3 is 0 Å². The SMILES string of the molecule is COc1ccc(C)cc1CNc1cccnc1OC(C)C. The topological polar surface area (TPSA) is 43.4 Å². The van der Waals surface area contributed by atoms with Crippen LogP contribution in [0.25, 0.3) is 0 Å². The lowest BCUT2D eigenvalue weighted by Crippen LogP contribution is -2.10. The highest BCUT2D eigenvalue weighted by molar-refractivity contribution is 5.53. The van der Waals surface area contributed by atoms with Crippen LogP contribution in [0.1, 0.15) is 25.0 Å². The summed E-state index contributed by atoms with van der Waals surface area (Å²) < 4.78 is 11.1. The average molecular weight is 286 g/mol. The van der Waals surface area contributed by atoms with Gasteiger partial charge in [0.1, 0.15) is 5.75 Å². The van der Waals surface area contributed by atoms with E-state index in [1.54, 1.807) is 13.3 Å². The number of rotatable bonds is 6. The summed E-state index contributed by atoms with van der Waals surface area (Å²) in [5.74, 6) is 1.50. The number of pyridine rings is 1. The molecule has 0 aliphatic heterocycles. The van der Waals surface area contributed by atoms with Gasteiger partial charge in [0, 0.05) is 18.3 Å². The van der Waals surface area contributed by atoms with E-state index in [1.165, 1.54) is 5.56 Å². The van der Waals surface area contributed by atoms with E-state index >= 15 is 0 Å². The van der Waals surface area contributed by atoms with Gasteiger partial charge in [-0.25, -0.2) is 4.98 Å². The van der Waals surface area contributed by atoms with Gasteiger partial charge in [0.2, 0.25) is 5.88 Å². The van der Waals surface area contributed by atoms with Crippen molar-refractivity contribution in [1.82, 2.24) is 4.98 Å². The lowest BCUT2D eigenvalue weighted by atomic mass is 10.1. The molecule has 112 valence electrons. The minimum absolute atomic E-state index is 0.0916. The van der Waals surface area contributed by atoms with E-state index < -0.39 is 0 Å². The van der Waals surface area contributed by atoms with Crippen molar-refractivity contribution in [2.75, 3.05) is 12.4 Å². The number of benzene rings is 1. The first-order valence-electron chi connectivity index (χ1n) is 7.09. The molecule has 0 amide bonds. The number of nitrogens with one attached hydrogen (secondary N) is 1. The third-order valence-corrected chi connectivity index (χ3v) is 3.02. The van der Waals surface area contributed by atoms with Crippen molar-refractivity contribution in [1.29, 1.82) is 0 Å². The highest BCUT2D eigenvalue weighted by Crippen LogP contribution is 2.25. The van der Waals surface area contributed by atoms with Gasteiger partial charge < -0.3 is 14.8 Å². The van der Waals surface area contributed by atoms with E-state index in [0.717, 1.165) is 17.0 Å². The second-order valence-electron chi connectivity index (χ2n) is 5.19. The minimum atomic E-state index is 0.0916. The zero-order valence-electron chi connectivity index (χ0n) is 13.0. The van der Waals surface area contributed by atoms with Crippen molar-refractivity contribution in [3.05, 3.63) is 47.7 Å². The third kappa shape index (κ3) is 4.12. The van der Waals surface area contributed by atoms with E-state index in [1.807, 2.05) is 38.1 Å². The van der Waals surface area contributed by atoms with Crippen molar-refractivity contribution >= 4 is 5.69 Å². The van der Waals surface area contributed by atoms with Crippen LogP contribution >= 0.6 is 0 Å². The number of aromatic nitrogens is 1. The van der Waals surface area contributed by atoms with Gasteiger partial charge in [0.05, 0.1) is 18.9 Å². The highest BCUT2D eigenvalue weighted by Gasteiger charge is 2.08. The van der Waals surface area contributed by atoms with Gasteiger partial charge in [-0.1, -0.05) is 17.7 Å². The first-order chi connectivity index (χ1) is 10.1. The molecule has 0 unspecified atom stereocenters. The summed E-state index contributed by atoms with van der Waals surface area (Å²) in [6, 6.07) is 10.0. The van der Waals surface area contributed by atoms with Gasteiger partial charge in [-0.2, -0.15) is 0 Å². The lowest BCUT2D eigenvalue weighted by Gasteiger charge is -2.15. The number of methoxy groups -OCH3 is 1. The highest BCUT2D eigenvalue weighted by atomic mass is 16.5. The second kappa shape index (κ2) is 6.97. The van der Waals surface area contributed by atoms with Crippen LogP contribution < -0.4 is 14.8 Å². The standard InChI is InChI=1S/C17H22N2O2/c1-12(2)21-17-15(6-5-9-18-17)19-11-14-10-13(3)7-8-16(14)20-4/h5-10,12,19H,11H2,1-4H3. The van der Waals surface area contributed by atoms with Crippen LogP contribution in [-0.2, 0) is 6.54 Å². The summed E-state index contributed by atoms with van der Waals surface area (Å²) in [4.78, 5) is 4.28. The molecule has 1 heterocycles. The molecule has 0 saturated carbocycles. The molecule has 1 aromatic heterocycles. The summed E-state index contributed by atoms with van der Waals surface area (Å²) in [5.41, 5.74) is 3.20. The summed E-state index contributed by atoms with van der Waals surface area (Å²) in [6.07, 6.45) is 1.82. The van der Waals surface area contributed by atoms with Crippen LogP contribution in [0.15, 0.2) is 36.5 Å². The fourth-order valence-electron chi connectivity index (χ4n) is 2.08. The first-order valence-corrected chi connectivity index (χ1v) is 7.09. The Morgan fingerprint density at radius 1 is 1.24 bits per heavy atom. The molecule has 2 aromatic rings. The van der Waals surface area contributed by atoms with E-state index in [9.17, 15) is 0 Å². The third-order valence-electron chi connectivity index (χ3n) is 3.02. The molecule has 1 N–H and O–H groups in total. The monoisotopic (exact) mass is 286 g/mol. The molecule has 0 saturated heterocycles. The molecular formula is C17H22N2O2. The van der Waals surface area contributed by atoms with Gasteiger partial charge in [0.25, 0.3) is 0 Å². The number of ether oxygens (including phenoxy) is 2. The van der Waals surface area contributed by atoms with Crippen molar-refractivity contribution in [3.8, 4) is 11.6 Å². The van der Waals surface area contributed by atoms with E-state index in [-0.39, 0.29) is 6.10 Å². The largest absolute Gasteiger partial charge is 0.496 e. The molecule has 0 atom stereocenters. The van der Waals surface area contributed by atoms with Crippen LogP contribution in [0.4, 0.5) is 5.69 Å². The van der Waals surface area contributed by atoms with Gasteiger partial charge in [-0.15, -0.1) is 0 Å². The van der Waals surface area contributed by atoms with Crippen LogP contribution in [0, 0.1) is 6.92 Å². The van der Waals surface area contributed by atoms with Crippen LogP contribution in [0.3, 0.4) is 0 Å². The number of anilines is 1. The number of nitrogens with zero attached hydrogens (tertiary/aromatic N) is 1. The Kier molecular flexibility index (Phi) is 5.04. The Morgan fingerprint density at radius 2 is 2.05 bits per heavy atom. The molecule has 0 spiro atoms. The Bertz CT molecular complexity index is 597. The second-order valence-corrected chi connectivity index (χ2v) is 5.19.